The first-order valence-corrected chi connectivity index (χ1v) is 12.0. The van der Waals surface area contributed by atoms with Crippen molar-refractivity contribution >= 4 is 18.0 Å². The van der Waals surface area contributed by atoms with Crippen LogP contribution in [0, 0.1) is 5.41 Å². The second-order valence-electron chi connectivity index (χ2n) is 8.78. The highest BCUT2D eigenvalue weighted by Crippen LogP contribution is 2.33. The molecule has 0 atom stereocenters. The fourth-order valence-electron chi connectivity index (χ4n) is 3.61. The molecule has 0 fully saturated rings. The summed E-state index contributed by atoms with van der Waals surface area (Å²) in [5.41, 5.74) is 5.18. The van der Waals surface area contributed by atoms with Crippen LogP contribution in [0.15, 0.2) is 114 Å². The molecule has 0 saturated heterocycles. The monoisotopic (exact) mass is 480 g/mol. The van der Waals surface area contributed by atoms with Crippen LogP contribution in [0.25, 0.3) is 6.08 Å². The van der Waals surface area contributed by atoms with Crippen molar-refractivity contribution in [1.82, 2.24) is 0 Å². The van der Waals surface area contributed by atoms with Gasteiger partial charge in [0.15, 0.2) is 5.41 Å². The van der Waals surface area contributed by atoms with E-state index >= 15 is 0 Å². The molecule has 0 aliphatic rings. The Bertz CT molecular complexity index is 1150. The van der Waals surface area contributed by atoms with Crippen LogP contribution in [-0.2, 0) is 32.3 Å². The third kappa shape index (κ3) is 7.97. The maximum Gasteiger partial charge on any atom is 0.324 e. The molecule has 3 aromatic carbocycles. The Morgan fingerprint density at radius 2 is 1.19 bits per heavy atom. The number of benzene rings is 3. The number of esters is 2. The normalized spacial score (nSPS) is 10.9. The Kier molecular flexibility index (Phi) is 10.1. The van der Waals surface area contributed by atoms with Gasteiger partial charge in [0.05, 0.1) is 0 Å². The lowest BCUT2D eigenvalue weighted by Crippen LogP contribution is -2.41. The van der Waals surface area contributed by atoms with E-state index in [1.807, 2.05) is 117 Å². The average Bonchev–Trinajstić information content (AvgIpc) is 2.91. The summed E-state index contributed by atoms with van der Waals surface area (Å²) < 4.78 is 11.4. The van der Waals surface area contributed by atoms with Gasteiger partial charge in [-0.1, -0.05) is 103 Å². The third-order valence-corrected chi connectivity index (χ3v) is 5.62. The van der Waals surface area contributed by atoms with Crippen LogP contribution in [-0.4, -0.2) is 11.9 Å². The van der Waals surface area contributed by atoms with E-state index in [-0.39, 0.29) is 26.1 Å². The van der Waals surface area contributed by atoms with Gasteiger partial charge < -0.3 is 9.47 Å². The molecule has 3 aromatic rings. The Hall–Kier alpha value is -4.14. The molecule has 0 saturated carbocycles. The van der Waals surface area contributed by atoms with E-state index < -0.39 is 17.4 Å². The number of rotatable bonds is 11. The lowest BCUT2D eigenvalue weighted by Gasteiger charge is -2.27. The molecule has 0 unspecified atom stereocenters. The van der Waals surface area contributed by atoms with Crippen LogP contribution in [0.4, 0.5) is 0 Å². The van der Waals surface area contributed by atoms with E-state index in [4.69, 9.17) is 9.47 Å². The Morgan fingerprint density at radius 3 is 1.67 bits per heavy atom. The largest absolute Gasteiger partial charge is 0.460 e. The van der Waals surface area contributed by atoms with Crippen molar-refractivity contribution in [1.29, 1.82) is 0 Å². The summed E-state index contributed by atoms with van der Waals surface area (Å²) in [5, 5.41) is 0. The first-order valence-electron chi connectivity index (χ1n) is 12.0. The first kappa shape index (κ1) is 26.5. The van der Waals surface area contributed by atoms with Crippen molar-refractivity contribution in [3.8, 4) is 0 Å². The molecule has 184 valence electrons. The second kappa shape index (κ2) is 13.7. The van der Waals surface area contributed by atoms with E-state index in [0.29, 0.717) is 0 Å². The molecule has 0 amide bonds. The molecule has 0 aliphatic heterocycles. The molecule has 0 heterocycles. The van der Waals surface area contributed by atoms with Gasteiger partial charge in [0, 0.05) is 0 Å². The topological polar surface area (TPSA) is 52.6 Å². The van der Waals surface area contributed by atoms with E-state index in [1.54, 1.807) is 6.08 Å². The molecule has 0 aromatic heterocycles. The number of carbonyl (C=O) groups is 2. The third-order valence-electron chi connectivity index (χ3n) is 5.62. The standard InChI is InChI=1S/C32H32O4/c1-26(2)14-12-22-32(23-13-21-27-15-6-3-7-16-27,30(33)35-24-28-17-8-4-9-18-28)31(34)36-25-29-19-10-5-11-20-29/h3-13,15-21H,22-25H2,1-2H3/b21-13+. The number of hydrogen-bond acceptors (Lipinski definition) is 4. The molecule has 0 bridgehead atoms. The summed E-state index contributed by atoms with van der Waals surface area (Å²) in [4.78, 5) is 27.2. The molecular weight excluding hydrogens is 448 g/mol. The highest BCUT2D eigenvalue weighted by Gasteiger charge is 2.47. The Labute approximate surface area is 213 Å². The zero-order valence-corrected chi connectivity index (χ0v) is 20.9. The molecule has 0 spiro atoms. The first-order chi connectivity index (χ1) is 17.5. The minimum absolute atomic E-state index is 0.0716. The molecule has 4 heteroatoms. The number of allylic oxidation sites excluding steroid dienone is 2. The minimum atomic E-state index is -1.54. The molecule has 0 radical (unpaired) electrons. The van der Waals surface area contributed by atoms with Gasteiger partial charge in [-0.25, -0.2) is 0 Å². The summed E-state index contributed by atoms with van der Waals surface area (Å²) >= 11 is 0. The van der Waals surface area contributed by atoms with Crippen molar-refractivity contribution < 1.29 is 19.1 Å². The second-order valence-corrected chi connectivity index (χ2v) is 8.78. The highest BCUT2D eigenvalue weighted by atomic mass is 16.6. The zero-order chi connectivity index (χ0) is 25.6. The van der Waals surface area contributed by atoms with E-state index in [9.17, 15) is 9.59 Å². The fourth-order valence-corrected chi connectivity index (χ4v) is 3.61. The minimum Gasteiger partial charge on any atom is -0.460 e. The summed E-state index contributed by atoms with van der Waals surface area (Å²) in [5.74, 6) is -1.23. The predicted molar refractivity (Wildman–Crippen MR) is 143 cm³/mol. The van der Waals surface area contributed by atoms with Gasteiger partial charge >= 0.3 is 11.9 Å². The van der Waals surface area contributed by atoms with Crippen LogP contribution in [0.5, 0.6) is 0 Å². The summed E-state index contributed by atoms with van der Waals surface area (Å²) in [6.07, 6.45) is 5.69. The van der Waals surface area contributed by atoms with Crippen LogP contribution in [0.3, 0.4) is 0 Å². The van der Waals surface area contributed by atoms with Crippen LogP contribution >= 0.6 is 0 Å². The summed E-state index contributed by atoms with van der Waals surface area (Å²) in [6, 6.07) is 28.6. The molecule has 0 aliphatic carbocycles. The van der Waals surface area contributed by atoms with Crippen LogP contribution < -0.4 is 0 Å². The van der Waals surface area contributed by atoms with Crippen LogP contribution in [0.1, 0.15) is 43.4 Å². The maximum absolute atomic E-state index is 13.6. The van der Waals surface area contributed by atoms with Gasteiger partial charge in [0.1, 0.15) is 13.2 Å². The predicted octanol–water partition coefficient (Wildman–Crippen LogP) is 7.07. The molecule has 0 N–H and O–H groups in total. The maximum atomic E-state index is 13.6. The number of ether oxygens (including phenoxy) is 2. The quantitative estimate of drug-likeness (QED) is 0.167. The summed E-state index contributed by atoms with van der Waals surface area (Å²) in [6.45, 7) is 3.97. The lowest BCUT2D eigenvalue weighted by atomic mass is 9.80. The van der Waals surface area contributed by atoms with Crippen LogP contribution in [0.2, 0.25) is 0 Å². The van der Waals surface area contributed by atoms with Crippen molar-refractivity contribution in [3.63, 3.8) is 0 Å². The zero-order valence-electron chi connectivity index (χ0n) is 20.9. The molecule has 4 nitrogen and oxygen atoms in total. The smallest absolute Gasteiger partial charge is 0.324 e. The number of hydrogen-bond donors (Lipinski definition) is 0. The fraction of sp³-hybridized carbons (Fsp3) is 0.219. The molecule has 36 heavy (non-hydrogen) atoms. The van der Waals surface area contributed by atoms with E-state index in [2.05, 4.69) is 5.73 Å². The summed E-state index contributed by atoms with van der Waals surface area (Å²) in [7, 11) is 0. The Balaban J connectivity index is 1.91. The average molecular weight is 481 g/mol. The number of carbonyl (C=O) groups excluding carboxylic acids is 2. The van der Waals surface area contributed by atoms with Gasteiger partial charge in [0.2, 0.25) is 0 Å². The van der Waals surface area contributed by atoms with Crippen molar-refractivity contribution in [2.45, 2.75) is 39.9 Å². The molecular formula is C32H32O4. The van der Waals surface area contributed by atoms with Gasteiger partial charge in [-0.05, 0) is 55.0 Å². The van der Waals surface area contributed by atoms with Gasteiger partial charge in [0.25, 0.3) is 0 Å². The van der Waals surface area contributed by atoms with E-state index in [0.717, 1.165) is 22.3 Å². The molecule has 3 rings (SSSR count). The van der Waals surface area contributed by atoms with Gasteiger partial charge in [-0.2, -0.15) is 0 Å². The highest BCUT2D eigenvalue weighted by molar-refractivity contribution is 6.00. The van der Waals surface area contributed by atoms with Crippen molar-refractivity contribution in [2.24, 2.45) is 5.41 Å². The SMILES string of the molecule is CC(C)=C=CCC(C/C=C/c1ccccc1)(C(=O)OCc1ccccc1)C(=O)OCc1ccccc1. The van der Waals surface area contributed by atoms with E-state index in [1.165, 1.54) is 0 Å². The van der Waals surface area contributed by atoms with Gasteiger partial charge in [-0.15, -0.1) is 5.73 Å². The van der Waals surface area contributed by atoms with Crippen molar-refractivity contribution in [2.75, 3.05) is 0 Å². The van der Waals surface area contributed by atoms with Crippen molar-refractivity contribution in [3.05, 3.63) is 131 Å². The van der Waals surface area contributed by atoms with Gasteiger partial charge in [-0.3, -0.25) is 9.59 Å². The Morgan fingerprint density at radius 1 is 0.722 bits per heavy atom. The lowest BCUT2D eigenvalue weighted by molar-refractivity contribution is -0.174.